The molecule has 3 nitrogen and oxygen atoms in total. The normalized spacial score (nSPS) is 19.2. The van der Waals surface area contributed by atoms with Crippen LogP contribution < -0.4 is 16.0 Å². The Balaban J connectivity index is 1.24. The molecule has 4 aliphatic rings. The lowest BCUT2D eigenvalue weighted by Gasteiger charge is -2.43. The van der Waals surface area contributed by atoms with Gasteiger partial charge in [0.05, 0.1) is 5.69 Å². The Hall–Kier alpha value is -5.22. The number of para-hydroxylation sites is 1. The predicted octanol–water partition coefficient (Wildman–Crippen LogP) is 13.1. The highest BCUT2D eigenvalue weighted by molar-refractivity contribution is 6.89. The molecule has 2 aliphatic heterocycles. The van der Waals surface area contributed by atoms with Gasteiger partial charge in [0.2, 0.25) is 0 Å². The first-order chi connectivity index (χ1) is 27.1. The maximum atomic E-state index is 7.53. The minimum Gasteiger partial charge on any atom is -0.466 e. The third kappa shape index (κ3) is 4.35. The van der Waals surface area contributed by atoms with E-state index in [4.69, 9.17) is 4.42 Å². The molecule has 0 spiro atoms. The molecule has 0 N–H and O–H groups in total. The number of aryl methyl sites for hydroxylation is 1. The van der Waals surface area contributed by atoms with Gasteiger partial charge in [0.25, 0.3) is 0 Å². The summed E-state index contributed by atoms with van der Waals surface area (Å²) >= 11 is 0. The fourth-order valence-electron chi connectivity index (χ4n) is 11.8. The minimum atomic E-state index is -0.128. The van der Waals surface area contributed by atoms with Crippen LogP contribution in [0.4, 0.5) is 17.1 Å². The van der Waals surface area contributed by atoms with Crippen LogP contribution in [0.25, 0.3) is 54.7 Å². The number of hydrogen-bond acceptors (Lipinski definition) is 2. The van der Waals surface area contributed by atoms with E-state index in [1.807, 2.05) is 0 Å². The van der Waals surface area contributed by atoms with Gasteiger partial charge in [0.1, 0.15) is 11.2 Å². The summed E-state index contributed by atoms with van der Waals surface area (Å²) in [6.45, 7) is 21.6. The number of fused-ring (bicyclic) bond motifs is 12. The van der Waals surface area contributed by atoms with Gasteiger partial charge in [-0.15, -0.1) is 0 Å². The monoisotopic (exact) mass is 742 g/mol. The average molecular weight is 743 g/mol. The second-order valence-corrected chi connectivity index (χ2v) is 20.7. The highest BCUT2D eigenvalue weighted by atomic mass is 16.3. The van der Waals surface area contributed by atoms with Crippen molar-refractivity contribution in [1.29, 1.82) is 0 Å². The molecule has 4 heterocycles. The topological polar surface area (TPSA) is 21.3 Å². The molecular weight excluding hydrogens is 691 g/mol. The first-order valence-electron chi connectivity index (χ1n) is 21.3. The summed E-state index contributed by atoms with van der Waals surface area (Å²) in [6.07, 6.45) is 4.72. The Bertz CT molecular complexity index is 3110. The van der Waals surface area contributed by atoms with Crippen molar-refractivity contribution in [3.05, 3.63) is 125 Å². The molecule has 0 atom stereocenters. The van der Waals surface area contributed by atoms with E-state index in [0.29, 0.717) is 0 Å². The molecule has 0 radical (unpaired) electrons. The van der Waals surface area contributed by atoms with Crippen LogP contribution in [0.1, 0.15) is 109 Å². The Labute approximate surface area is 336 Å². The third-order valence-corrected chi connectivity index (χ3v) is 15.3. The Morgan fingerprint density at radius 2 is 1.21 bits per heavy atom. The minimum absolute atomic E-state index is 0.0689. The van der Waals surface area contributed by atoms with Crippen LogP contribution in [0, 0.1) is 6.92 Å². The molecule has 6 aromatic carbocycles. The largest absolute Gasteiger partial charge is 0.466 e. The van der Waals surface area contributed by atoms with Crippen molar-refractivity contribution >= 4 is 78.6 Å². The number of aromatic nitrogens is 1. The van der Waals surface area contributed by atoms with Crippen molar-refractivity contribution in [1.82, 2.24) is 4.48 Å². The van der Waals surface area contributed by atoms with E-state index in [0.717, 1.165) is 11.2 Å². The first kappa shape index (κ1) is 33.9. The quantitative estimate of drug-likeness (QED) is 0.156. The molecule has 0 saturated carbocycles. The number of furan rings is 1. The van der Waals surface area contributed by atoms with Crippen LogP contribution in [0.5, 0.6) is 0 Å². The Kier molecular flexibility index (Phi) is 6.32. The van der Waals surface area contributed by atoms with E-state index >= 15 is 0 Å². The number of benzene rings is 6. The SMILES string of the molecule is Cc1cc2c3c(c1)N(c1ccc4c(c1)C(C)(C)CCC4(C)C)c1c(oc4cc5c(cc14)C(C)(C)CCC5(C)C)B3n1c3cc4ccccc4cc3c3cccc-2c31. The summed E-state index contributed by atoms with van der Waals surface area (Å²) in [6, 6.07) is 37.9. The van der Waals surface area contributed by atoms with Crippen LogP contribution >= 0.6 is 0 Å². The molecule has 0 saturated heterocycles. The molecular formula is C53H51BN2O. The fourth-order valence-corrected chi connectivity index (χ4v) is 11.8. The van der Waals surface area contributed by atoms with Gasteiger partial charge in [0, 0.05) is 44.1 Å². The highest BCUT2D eigenvalue weighted by Gasteiger charge is 2.48. The lowest BCUT2D eigenvalue weighted by molar-refractivity contribution is 0.332. The van der Waals surface area contributed by atoms with Crippen LogP contribution in [0.3, 0.4) is 0 Å². The standard InChI is InChI=1S/C53H51BN2O/c1-30-23-37-35-16-12-15-34-36-25-31-13-10-11-14-32(31)26-43(36)56(47(34)35)54-46(37)44(24-30)55(33-17-18-39-40(27-33)51(4,5)20-19-50(39,2)3)48-38-28-41-42(29-45(38)57-49(48)54)53(8,9)22-21-52(41,6)7/h10-18,23-29H,19-22H2,1-9H3. The summed E-state index contributed by atoms with van der Waals surface area (Å²) < 4.78 is 10.2. The Morgan fingerprint density at radius 3 is 1.93 bits per heavy atom. The molecule has 2 aromatic heterocycles. The number of rotatable bonds is 1. The molecule has 2 aliphatic carbocycles. The maximum Gasteiger partial charge on any atom is 0.375 e. The van der Waals surface area contributed by atoms with Crippen LogP contribution in [-0.2, 0) is 21.7 Å². The molecule has 282 valence electrons. The van der Waals surface area contributed by atoms with Crippen molar-refractivity contribution in [2.75, 3.05) is 4.90 Å². The lowest BCUT2D eigenvalue weighted by atomic mass is 9.47. The molecule has 0 bridgehead atoms. The van der Waals surface area contributed by atoms with Gasteiger partial charge < -0.3 is 13.8 Å². The summed E-state index contributed by atoms with van der Waals surface area (Å²) in [5.41, 5.74) is 19.7. The van der Waals surface area contributed by atoms with Crippen LogP contribution in [-0.4, -0.2) is 11.3 Å². The van der Waals surface area contributed by atoms with E-state index < -0.39 is 0 Å². The van der Waals surface area contributed by atoms with Crippen molar-refractivity contribution in [2.24, 2.45) is 0 Å². The fraction of sp³-hybridized carbons (Fsp3) is 0.321. The molecule has 12 rings (SSSR count). The predicted molar refractivity (Wildman–Crippen MR) is 243 cm³/mol. The van der Waals surface area contributed by atoms with E-state index in [1.54, 1.807) is 0 Å². The second kappa shape index (κ2) is 10.6. The molecule has 8 aromatic rings. The van der Waals surface area contributed by atoms with Crippen molar-refractivity contribution in [3.63, 3.8) is 0 Å². The summed E-state index contributed by atoms with van der Waals surface area (Å²) in [5.74, 6) is 0. The van der Waals surface area contributed by atoms with Gasteiger partial charge in [-0.2, -0.15) is 0 Å². The van der Waals surface area contributed by atoms with Gasteiger partial charge in [-0.05, 0) is 146 Å². The van der Waals surface area contributed by atoms with Crippen molar-refractivity contribution in [2.45, 2.75) is 110 Å². The zero-order chi connectivity index (χ0) is 39.1. The molecule has 57 heavy (non-hydrogen) atoms. The van der Waals surface area contributed by atoms with Crippen molar-refractivity contribution in [3.8, 4) is 11.1 Å². The van der Waals surface area contributed by atoms with Gasteiger partial charge in [-0.3, -0.25) is 0 Å². The highest BCUT2D eigenvalue weighted by Crippen LogP contribution is 2.53. The maximum absolute atomic E-state index is 7.53. The Morgan fingerprint density at radius 1 is 0.561 bits per heavy atom. The van der Waals surface area contributed by atoms with E-state index in [2.05, 4.69) is 169 Å². The van der Waals surface area contributed by atoms with E-state index in [9.17, 15) is 0 Å². The zero-order valence-corrected chi connectivity index (χ0v) is 34.9. The van der Waals surface area contributed by atoms with Gasteiger partial charge >= 0.3 is 6.85 Å². The lowest BCUT2D eigenvalue weighted by Crippen LogP contribution is -2.56. The third-order valence-electron chi connectivity index (χ3n) is 15.3. The van der Waals surface area contributed by atoms with Crippen LogP contribution in [0.2, 0.25) is 0 Å². The van der Waals surface area contributed by atoms with Gasteiger partial charge in [0.15, 0.2) is 0 Å². The summed E-state index contributed by atoms with van der Waals surface area (Å²) in [7, 11) is 0. The average Bonchev–Trinajstić information content (AvgIpc) is 3.71. The molecule has 0 amide bonds. The van der Waals surface area contributed by atoms with Crippen molar-refractivity contribution < 1.29 is 4.42 Å². The van der Waals surface area contributed by atoms with Crippen LogP contribution in [0.15, 0.2) is 101 Å². The van der Waals surface area contributed by atoms with E-state index in [1.165, 1.54) is 125 Å². The summed E-state index contributed by atoms with van der Waals surface area (Å²) in [5, 5.41) is 6.36. The molecule has 0 fully saturated rings. The van der Waals surface area contributed by atoms with Gasteiger partial charge in [-0.1, -0.05) is 110 Å². The number of anilines is 3. The molecule has 4 heteroatoms. The number of nitrogens with zero attached hydrogens (tertiary/aromatic N) is 2. The summed E-state index contributed by atoms with van der Waals surface area (Å²) in [4.78, 5) is 2.61. The molecule has 0 unspecified atom stereocenters. The first-order valence-corrected chi connectivity index (χ1v) is 21.3. The smallest absolute Gasteiger partial charge is 0.375 e. The number of hydrogen-bond donors (Lipinski definition) is 0. The zero-order valence-electron chi connectivity index (χ0n) is 34.9. The van der Waals surface area contributed by atoms with Gasteiger partial charge in [-0.25, -0.2) is 0 Å². The van der Waals surface area contributed by atoms with E-state index in [-0.39, 0.29) is 28.5 Å². The second-order valence-electron chi connectivity index (χ2n) is 20.7.